The highest BCUT2D eigenvalue weighted by atomic mass is 16.3. The zero-order valence-electron chi connectivity index (χ0n) is 31.2. The van der Waals surface area contributed by atoms with Crippen LogP contribution in [0.25, 0.3) is 0 Å². The Bertz CT molecular complexity index is 706. The number of carbonyl (C=O) groups is 1. The van der Waals surface area contributed by atoms with Gasteiger partial charge in [0.15, 0.2) is 5.96 Å². The van der Waals surface area contributed by atoms with Gasteiger partial charge in [0, 0.05) is 32.2 Å². The van der Waals surface area contributed by atoms with Crippen molar-refractivity contribution in [2.24, 2.45) is 27.9 Å². The molecule has 0 spiro atoms. The third-order valence-corrected chi connectivity index (χ3v) is 9.42. The topological polar surface area (TPSA) is 169 Å². The quantitative estimate of drug-likeness (QED) is 0.0177. The summed E-state index contributed by atoms with van der Waals surface area (Å²) in [5.74, 6) is -0.0956. The Morgan fingerprint density at radius 3 is 1.47 bits per heavy atom. The minimum absolute atomic E-state index is 0.0533. The lowest BCUT2D eigenvalue weighted by molar-refractivity contribution is -0.122. The molecule has 0 aliphatic carbocycles. The molecule has 0 aromatic heterocycles. The van der Waals surface area contributed by atoms with E-state index >= 15 is 0 Å². The molecule has 0 rings (SSSR count). The van der Waals surface area contributed by atoms with Crippen LogP contribution in [0.2, 0.25) is 0 Å². The fourth-order valence-corrected chi connectivity index (χ4v) is 6.25. The molecule has 0 saturated carbocycles. The van der Waals surface area contributed by atoms with Gasteiger partial charge in [0.2, 0.25) is 5.91 Å². The SMILES string of the molecule is CCCCCCCCCCCCCCN(CCCCCCCCCCCC)C(O)C(N)CCCCNC(=O)C(N)CCCN=C(N)N. The van der Waals surface area contributed by atoms with Gasteiger partial charge in [0.1, 0.15) is 6.23 Å². The average Bonchev–Trinajstić information content (AvgIpc) is 3.06. The molecule has 0 fully saturated rings. The predicted octanol–water partition coefficient (Wildman–Crippen LogP) is 7.22. The van der Waals surface area contributed by atoms with Gasteiger partial charge in [-0.3, -0.25) is 14.7 Å². The highest BCUT2D eigenvalue weighted by Gasteiger charge is 2.22. The fraction of sp³-hybridized carbons (Fsp3) is 0.947. The molecule has 0 saturated heterocycles. The molecule has 0 radical (unpaired) electrons. The Hall–Kier alpha value is -1.42. The summed E-state index contributed by atoms with van der Waals surface area (Å²) in [6, 6.07) is -0.850. The summed E-state index contributed by atoms with van der Waals surface area (Å²) in [6.45, 7) is 7.41. The summed E-state index contributed by atoms with van der Waals surface area (Å²) >= 11 is 0. The first-order valence-electron chi connectivity index (χ1n) is 20.1. The number of rotatable bonds is 36. The van der Waals surface area contributed by atoms with Crippen LogP contribution < -0.4 is 28.3 Å². The molecule has 47 heavy (non-hydrogen) atoms. The lowest BCUT2D eigenvalue weighted by atomic mass is 10.0. The minimum Gasteiger partial charge on any atom is -0.377 e. The van der Waals surface area contributed by atoms with E-state index in [-0.39, 0.29) is 17.9 Å². The molecule has 3 unspecified atom stereocenters. The number of aliphatic imine (C=N–C) groups is 1. The van der Waals surface area contributed by atoms with E-state index in [1.54, 1.807) is 0 Å². The molecule has 0 aliphatic heterocycles. The first-order valence-corrected chi connectivity index (χ1v) is 20.1. The molecule has 280 valence electrons. The van der Waals surface area contributed by atoms with E-state index in [4.69, 9.17) is 22.9 Å². The van der Waals surface area contributed by atoms with E-state index < -0.39 is 12.3 Å². The maximum absolute atomic E-state index is 12.3. The van der Waals surface area contributed by atoms with Crippen LogP contribution in [-0.4, -0.2) is 66.4 Å². The second-order valence-electron chi connectivity index (χ2n) is 14.0. The van der Waals surface area contributed by atoms with Crippen molar-refractivity contribution in [3.63, 3.8) is 0 Å². The average molecular weight is 668 g/mol. The van der Waals surface area contributed by atoms with Crippen LogP contribution in [0, 0.1) is 0 Å². The molecule has 0 aromatic rings. The minimum atomic E-state index is -0.616. The second-order valence-corrected chi connectivity index (χ2v) is 14.0. The van der Waals surface area contributed by atoms with Crippen molar-refractivity contribution in [2.45, 2.75) is 206 Å². The van der Waals surface area contributed by atoms with Crippen LogP contribution in [0.15, 0.2) is 4.99 Å². The van der Waals surface area contributed by atoms with Gasteiger partial charge in [0.25, 0.3) is 0 Å². The summed E-state index contributed by atoms with van der Waals surface area (Å²) in [5.41, 5.74) is 23.2. The monoisotopic (exact) mass is 668 g/mol. The van der Waals surface area contributed by atoms with Gasteiger partial charge in [-0.2, -0.15) is 0 Å². The van der Waals surface area contributed by atoms with Crippen molar-refractivity contribution in [1.29, 1.82) is 0 Å². The van der Waals surface area contributed by atoms with E-state index in [0.29, 0.717) is 25.9 Å². The number of amides is 1. The number of aliphatic hydroxyl groups is 1. The molecule has 0 heterocycles. The molecule has 0 aromatic carbocycles. The Morgan fingerprint density at radius 2 is 1.04 bits per heavy atom. The van der Waals surface area contributed by atoms with Gasteiger partial charge in [-0.1, -0.05) is 149 Å². The number of nitrogens with two attached hydrogens (primary N) is 4. The summed E-state index contributed by atoms with van der Waals surface area (Å²) in [7, 11) is 0. The van der Waals surface area contributed by atoms with E-state index in [2.05, 4.69) is 29.1 Å². The van der Waals surface area contributed by atoms with Crippen LogP contribution in [0.5, 0.6) is 0 Å². The highest BCUT2D eigenvalue weighted by Crippen LogP contribution is 2.16. The molecule has 3 atom stereocenters. The number of guanidine groups is 1. The lowest BCUT2D eigenvalue weighted by Crippen LogP contribution is -2.48. The van der Waals surface area contributed by atoms with Gasteiger partial charge >= 0.3 is 0 Å². The molecule has 1 amide bonds. The van der Waals surface area contributed by atoms with Gasteiger partial charge in [0.05, 0.1) is 6.04 Å². The van der Waals surface area contributed by atoms with Gasteiger partial charge in [-0.25, -0.2) is 0 Å². The highest BCUT2D eigenvalue weighted by molar-refractivity contribution is 5.81. The van der Waals surface area contributed by atoms with Crippen molar-refractivity contribution in [3.05, 3.63) is 0 Å². The summed E-state index contributed by atoms with van der Waals surface area (Å²) in [6.07, 6.45) is 32.1. The van der Waals surface area contributed by atoms with Crippen molar-refractivity contribution in [2.75, 3.05) is 26.2 Å². The maximum atomic E-state index is 12.3. The molecule has 9 heteroatoms. The number of aliphatic hydroxyl groups excluding tert-OH is 1. The molecule has 9 nitrogen and oxygen atoms in total. The Morgan fingerprint density at radius 1 is 0.617 bits per heavy atom. The van der Waals surface area contributed by atoms with Crippen LogP contribution >= 0.6 is 0 Å². The first kappa shape index (κ1) is 45.6. The summed E-state index contributed by atoms with van der Waals surface area (Å²) in [5, 5.41) is 14.2. The van der Waals surface area contributed by atoms with Gasteiger partial charge < -0.3 is 33.4 Å². The van der Waals surface area contributed by atoms with Crippen molar-refractivity contribution in [1.82, 2.24) is 10.2 Å². The van der Waals surface area contributed by atoms with Crippen LogP contribution in [-0.2, 0) is 4.79 Å². The molecule has 10 N–H and O–H groups in total. The first-order chi connectivity index (χ1) is 22.8. The second kappa shape index (κ2) is 34.4. The number of nitrogens with one attached hydrogen (secondary N) is 1. The lowest BCUT2D eigenvalue weighted by Gasteiger charge is -2.32. The Kier molecular flexibility index (Phi) is 33.4. The molecular formula is C38H81N7O2. The van der Waals surface area contributed by atoms with Crippen LogP contribution in [0.1, 0.15) is 187 Å². The number of unbranched alkanes of at least 4 members (excludes halogenated alkanes) is 21. The van der Waals surface area contributed by atoms with E-state index in [9.17, 15) is 9.90 Å². The standard InChI is InChI=1S/C38H81N7O2/c1-3-5-7-9-11-13-15-16-18-20-22-26-33-45(32-25-21-19-17-14-12-10-8-6-4-2)37(47)35(40)28-23-24-30-43-36(46)34(39)29-27-31-44-38(41)42/h34-35,37,47H,3-33,39-40H2,1-2H3,(H,43,46)(H4,41,42,44). The molecular weight excluding hydrogens is 586 g/mol. The van der Waals surface area contributed by atoms with E-state index in [0.717, 1.165) is 45.2 Å². The summed E-state index contributed by atoms with van der Waals surface area (Å²) in [4.78, 5) is 18.4. The normalized spacial score (nSPS) is 13.5. The number of hydrogen-bond donors (Lipinski definition) is 6. The van der Waals surface area contributed by atoms with E-state index in [1.807, 2.05) is 0 Å². The Labute approximate surface area is 291 Å². The third-order valence-electron chi connectivity index (χ3n) is 9.42. The molecule has 0 bridgehead atoms. The van der Waals surface area contributed by atoms with E-state index in [1.165, 1.54) is 128 Å². The summed E-state index contributed by atoms with van der Waals surface area (Å²) < 4.78 is 0. The van der Waals surface area contributed by atoms with Gasteiger partial charge in [-0.05, 0) is 38.5 Å². The zero-order valence-corrected chi connectivity index (χ0v) is 31.2. The largest absolute Gasteiger partial charge is 0.377 e. The maximum Gasteiger partial charge on any atom is 0.236 e. The van der Waals surface area contributed by atoms with Crippen molar-refractivity contribution < 1.29 is 9.90 Å². The fourth-order valence-electron chi connectivity index (χ4n) is 6.25. The predicted molar refractivity (Wildman–Crippen MR) is 203 cm³/mol. The third kappa shape index (κ3) is 30.4. The number of hydrogen-bond acceptors (Lipinski definition) is 6. The van der Waals surface area contributed by atoms with Gasteiger partial charge in [-0.15, -0.1) is 0 Å². The van der Waals surface area contributed by atoms with Crippen LogP contribution in [0.4, 0.5) is 0 Å². The van der Waals surface area contributed by atoms with Crippen molar-refractivity contribution in [3.8, 4) is 0 Å². The number of carbonyl (C=O) groups excluding carboxylic acids is 1. The van der Waals surface area contributed by atoms with Crippen LogP contribution in [0.3, 0.4) is 0 Å². The van der Waals surface area contributed by atoms with Crippen molar-refractivity contribution >= 4 is 11.9 Å². The zero-order chi connectivity index (χ0) is 34.8. The Balaban J connectivity index is 4.39. The molecule has 0 aliphatic rings. The number of nitrogens with zero attached hydrogens (tertiary/aromatic N) is 2. The smallest absolute Gasteiger partial charge is 0.236 e.